The van der Waals surface area contributed by atoms with Crippen molar-refractivity contribution in [1.29, 1.82) is 0 Å². The number of ketones is 1. The molecule has 0 bridgehead atoms. The van der Waals surface area contributed by atoms with Gasteiger partial charge >= 0.3 is 0 Å². The summed E-state index contributed by atoms with van der Waals surface area (Å²) in [4.78, 5) is 28.7. The molecule has 1 aliphatic rings. The van der Waals surface area contributed by atoms with E-state index in [4.69, 9.17) is 4.74 Å². The molecule has 1 fully saturated rings. The number of nitrogens with zero attached hydrogens (tertiary/aromatic N) is 1. The second-order valence-electron chi connectivity index (χ2n) is 7.83. The van der Waals surface area contributed by atoms with Crippen molar-refractivity contribution < 1.29 is 19.4 Å². The van der Waals surface area contributed by atoms with E-state index in [0.717, 1.165) is 27.3 Å². The zero-order valence-electron chi connectivity index (χ0n) is 18.3. The van der Waals surface area contributed by atoms with Gasteiger partial charge in [-0.3, -0.25) is 9.59 Å². The largest absolute Gasteiger partial charge is 0.507 e. The predicted octanol–water partition coefficient (Wildman–Crippen LogP) is 5.39. The summed E-state index contributed by atoms with van der Waals surface area (Å²) in [7, 11) is 0. The Hall–Kier alpha value is -3.38. The summed E-state index contributed by atoms with van der Waals surface area (Å²) in [5.41, 5.74) is 3.25. The van der Waals surface area contributed by atoms with Gasteiger partial charge in [0.1, 0.15) is 11.5 Å². The van der Waals surface area contributed by atoms with E-state index in [9.17, 15) is 14.7 Å². The molecule has 1 aliphatic heterocycles. The van der Waals surface area contributed by atoms with Crippen molar-refractivity contribution in [3.8, 4) is 5.75 Å². The quantitative estimate of drug-likeness (QED) is 0.313. The molecule has 6 heteroatoms. The monoisotopic (exact) mass is 447 g/mol. The third kappa shape index (κ3) is 4.06. The lowest BCUT2D eigenvalue weighted by Crippen LogP contribution is -2.28. The number of hydrogen-bond donors (Lipinski definition) is 1. The Morgan fingerprint density at radius 1 is 1.09 bits per heavy atom. The van der Waals surface area contributed by atoms with Crippen molar-refractivity contribution in [1.82, 2.24) is 4.90 Å². The third-order valence-corrected chi connectivity index (χ3v) is 6.41. The highest BCUT2D eigenvalue weighted by molar-refractivity contribution is 7.09. The standard InChI is InChI=1S/C26H25NO4S/c1-4-31-21-11-10-19(14-17(21)3)24(28)22-23(18-8-5-7-16(2)13-18)27(26(30)25(22)29)15-20-9-6-12-32-20/h5-14,23,28H,4,15H2,1-3H3/b24-22-. The number of amides is 1. The van der Waals surface area contributed by atoms with E-state index in [2.05, 4.69) is 0 Å². The lowest BCUT2D eigenvalue weighted by atomic mass is 9.94. The minimum Gasteiger partial charge on any atom is -0.507 e. The average Bonchev–Trinajstić information content (AvgIpc) is 3.37. The molecule has 4 rings (SSSR count). The summed E-state index contributed by atoms with van der Waals surface area (Å²) in [6, 6.07) is 16.2. The first kappa shape index (κ1) is 21.8. The molecule has 5 nitrogen and oxygen atoms in total. The molecule has 2 heterocycles. The number of aliphatic hydroxyl groups excluding tert-OH is 1. The molecule has 0 spiro atoms. The molecule has 1 saturated heterocycles. The minimum atomic E-state index is -0.669. The lowest BCUT2D eigenvalue weighted by molar-refractivity contribution is -0.140. The van der Waals surface area contributed by atoms with E-state index in [-0.39, 0.29) is 11.3 Å². The van der Waals surface area contributed by atoms with Crippen molar-refractivity contribution in [2.24, 2.45) is 0 Å². The van der Waals surface area contributed by atoms with Crippen LogP contribution in [0.2, 0.25) is 0 Å². The summed E-state index contributed by atoms with van der Waals surface area (Å²) < 4.78 is 5.59. The van der Waals surface area contributed by atoms with Gasteiger partial charge in [-0.05, 0) is 61.5 Å². The molecule has 1 N–H and O–H groups in total. The zero-order chi connectivity index (χ0) is 22.8. The number of aryl methyl sites for hydroxylation is 2. The summed E-state index contributed by atoms with van der Waals surface area (Å²) in [5.74, 6) is -0.724. The Bertz CT molecular complexity index is 1200. The van der Waals surface area contributed by atoms with Gasteiger partial charge in [0.05, 0.1) is 24.8 Å². The summed E-state index contributed by atoms with van der Waals surface area (Å²) in [6.45, 7) is 6.59. The van der Waals surface area contributed by atoms with Crippen LogP contribution < -0.4 is 4.74 Å². The van der Waals surface area contributed by atoms with E-state index in [0.29, 0.717) is 18.7 Å². The molecule has 0 saturated carbocycles. The zero-order valence-corrected chi connectivity index (χ0v) is 19.1. The molecule has 0 radical (unpaired) electrons. The molecular weight excluding hydrogens is 422 g/mol. The van der Waals surface area contributed by atoms with Gasteiger partial charge in [-0.15, -0.1) is 11.3 Å². The van der Waals surface area contributed by atoms with Gasteiger partial charge in [-0.1, -0.05) is 35.9 Å². The van der Waals surface area contributed by atoms with Crippen molar-refractivity contribution in [2.75, 3.05) is 6.61 Å². The maximum absolute atomic E-state index is 13.2. The average molecular weight is 448 g/mol. The number of hydrogen-bond acceptors (Lipinski definition) is 5. The van der Waals surface area contributed by atoms with Gasteiger partial charge in [0.15, 0.2) is 0 Å². The molecule has 1 atom stereocenters. The third-order valence-electron chi connectivity index (χ3n) is 5.55. The van der Waals surface area contributed by atoms with E-state index < -0.39 is 17.7 Å². The van der Waals surface area contributed by atoms with Gasteiger partial charge in [0, 0.05) is 10.4 Å². The van der Waals surface area contributed by atoms with Gasteiger partial charge in [-0.25, -0.2) is 0 Å². The van der Waals surface area contributed by atoms with Crippen LogP contribution in [-0.2, 0) is 16.1 Å². The second-order valence-corrected chi connectivity index (χ2v) is 8.87. The topological polar surface area (TPSA) is 66.8 Å². The van der Waals surface area contributed by atoms with E-state index >= 15 is 0 Å². The maximum Gasteiger partial charge on any atom is 0.295 e. The molecule has 164 valence electrons. The molecule has 1 aromatic heterocycles. The van der Waals surface area contributed by atoms with Crippen molar-refractivity contribution in [3.05, 3.63) is 92.7 Å². The van der Waals surface area contributed by atoms with Gasteiger partial charge < -0.3 is 14.7 Å². The van der Waals surface area contributed by atoms with E-state index in [1.165, 1.54) is 11.3 Å². The van der Waals surface area contributed by atoms with Crippen LogP contribution in [0.3, 0.4) is 0 Å². The molecule has 1 unspecified atom stereocenters. The molecule has 3 aromatic rings. The SMILES string of the molecule is CCOc1ccc(/C(O)=C2/C(=O)C(=O)N(Cc3cccs3)C2c2cccc(C)c2)cc1C. The normalized spacial score (nSPS) is 17.7. The van der Waals surface area contributed by atoms with Crippen LogP contribution in [0.1, 0.15) is 40.1 Å². The molecule has 32 heavy (non-hydrogen) atoms. The van der Waals surface area contributed by atoms with Crippen LogP contribution in [-0.4, -0.2) is 28.3 Å². The number of thiophene rings is 1. The highest BCUT2D eigenvalue weighted by Gasteiger charge is 2.46. The number of carbonyl (C=O) groups excluding carboxylic acids is 2. The van der Waals surface area contributed by atoms with Gasteiger partial charge in [0.25, 0.3) is 11.7 Å². The number of likely N-dealkylation sites (tertiary alicyclic amines) is 1. The van der Waals surface area contributed by atoms with Crippen LogP contribution >= 0.6 is 11.3 Å². The van der Waals surface area contributed by atoms with Gasteiger partial charge in [-0.2, -0.15) is 0 Å². The van der Waals surface area contributed by atoms with Crippen LogP contribution in [0.4, 0.5) is 0 Å². The maximum atomic E-state index is 13.2. The Morgan fingerprint density at radius 3 is 2.56 bits per heavy atom. The predicted molar refractivity (Wildman–Crippen MR) is 126 cm³/mol. The Morgan fingerprint density at radius 2 is 1.91 bits per heavy atom. The fourth-order valence-corrected chi connectivity index (χ4v) is 4.77. The Labute approximate surface area is 191 Å². The first-order valence-corrected chi connectivity index (χ1v) is 11.4. The fraction of sp³-hybridized carbons (Fsp3) is 0.231. The molecular formula is C26H25NO4S. The number of aliphatic hydroxyl groups is 1. The smallest absolute Gasteiger partial charge is 0.295 e. The number of Topliss-reactive ketones (excluding diaryl/α,β-unsaturated/α-hetero) is 1. The molecule has 2 aromatic carbocycles. The highest BCUT2D eigenvalue weighted by Crippen LogP contribution is 2.41. The number of ether oxygens (including phenoxy) is 1. The van der Waals surface area contributed by atoms with Gasteiger partial charge in [0.2, 0.25) is 0 Å². The first-order valence-electron chi connectivity index (χ1n) is 10.5. The van der Waals surface area contributed by atoms with Crippen LogP contribution in [0.15, 0.2) is 65.6 Å². The fourth-order valence-electron chi connectivity index (χ4n) is 4.07. The number of carbonyl (C=O) groups is 2. The van der Waals surface area contributed by atoms with Crippen LogP contribution in [0, 0.1) is 13.8 Å². The van der Waals surface area contributed by atoms with Crippen molar-refractivity contribution in [3.63, 3.8) is 0 Å². The summed E-state index contributed by atoms with van der Waals surface area (Å²) in [5, 5.41) is 13.2. The van der Waals surface area contributed by atoms with E-state index in [1.807, 2.05) is 62.5 Å². The van der Waals surface area contributed by atoms with Crippen LogP contribution in [0.5, 0.6) is 5.75 Å². The summed E-state index contributed by atoms with van der Waals surface area (Å²) in [6.07, 6.45) is 0. The Balaban J connectivity index is 1.85. The lowest BCUT2D eigenvalue weighted by Gasteiger charge is -2.25. The molecule has 0 aliphatic carbocycles. The second kappa shape index (κ2) is 9.01. The number of rotatable bonds is 6. The minimum absolute atomic E-state index is 0.112. The Kier molecular flexibility index (Phi) is 6.15. The highest BCUT2D eigenvalue weighted by atomic mass is 32.1. The van der Waals surface area contributed by atoms with Crippen molar-refractivity contribution >= 4 is 28.8 Å². The first-order chi connectivity index (χ1) is 15.4. The van der Waals surface area contributed by atoms with E-state index in [1.54, 1.807) is 23.1 Å². The summed E-state index contributed by atoms with van der Waals surface area (Å²) >= 11 is 1.53. The number of benzene rings is 2. The van der Waals surface area contributed by atoms with Crippen molar-refractivity contribution in [2.45, 2.75) is 33.4 Å². The van der Waals surface area contributed by atoms with Crippen LogP contribution in [0.25, 0.3) is 5.76 Å². The molecule has 1 amide bonds.